The molecule has 1 aromatic heterocycles. The molecule has 0 saturated carbocycles. The van der Waals surface area contributed by atoms with E-state index in [2.05, 4.69) is 5.32 Å². The number of furan rings is 1. The molecule has 4 nitrogen and oxygen atoms in total. The van der Waals surface area contributed by atoms with Crippen molar-refractivity contribution < 1.29 is 13.9 Å². The van der Waals surface area contributed by atoms with Crippen LogP contribution >= 0.6 is 11.6 Å². The fourth-order valence-corrected chi connectivity index (χ4v) is 2.09. The molecule has 0 aliphatic heterocycles. The third-order valence-corrected chi connectivity index (χ3v) is 3.16. The fraction of sp³-hybridized carbons (Fsp3) is 0.357. The van der Waals surface area contributed by atoms with Gasteiger partial charge in [0.05, 0.1) is 17.5 Å². The molecule has 2 aromatic rings. The van der Waals surface area contributed by atoms with Crippen molar-refractivity contribution in [2.75, 3.05) is 20.3 Å². The standard InChI is InChI=1S/C14H16ClNO3/c1-18-8-10(15)6-7-16-14(17)12-9-19-13-5-3-2-4-11(12)13/h2-5,9-10H,6-8H2,1H3,(H,16,17). The molecule has 2 rings (SSSR count). The summed E-state index contributed by atoms with van der Waals surface area (Å²) < 4.78 is 10.3. The predicted octanol–water partition coefficient (Wildman–Crippen LogP) is 2.81. The average molecular weight is 282 g/mol. The highest BCUT2D eigenvalue weighted by Crippen LogP contribution is 2.20. The molecule has 19 heavy (non-hydrogen) atoms. The Morgan fingerprint density at radius 1 is 1.47 bits per heavy atom. The zero-order chi connectivity index (χ0) is 13.7. The van der Waals surface area contributed by atoms with E-state index in [-0.39, 0.29) is 11.3 Å². The summed E-state index contributed by atoms with van der Waals surface area (Å²) in [5, 5.41) is 3.56. The van der Waals surface area contributed by atoms with Gasteiger partial charge < -0.3 is 14.5 Å². The summed E-state index contributed by atoms with van der Waals surface area (Å²) in [4.78, 5) is 12.0. The van der Waals surface area contributed by atoms with Gasteiger partial charge in [-0.05, 0) is 12.5 Å². The van der Waals surface area contributed by atoms with E-state index in [0.29, 0.717) is 30.7 Å². The van der Waals surface area contributed by atoms with Gasteiger partial charge >= 0.3 is 0 Å². The summed E-state index contributed by atoms with van der Waals surface area (Å²) >= 11 is 5.99. The quantitative estimate of drug-likeness (QED) is 0.829. The molecule has 1 heterocycles. The maximum atomic E-state index is 12.0. The molecule has 0 bridgehead atoms. The van der Waals surface area contributed by atoms with Gasteiger partial charge in [0, 0.05) is 19.0 Å². The SMILES string of the molecule is COCC(Cl)CCNC(=O)c1coc2ccccc12. The molecule has 1 amide bonds. The zero-order valence-electron chi connectivity index (χ0n) is 10.7. The molecule has 0 fully saturated rings. The van der Waals surface area contributed by atoms with E-state index in [1.807, 2.05) is 24.3 Å². The minimum Gasteiger partial charge on any atom is -0.463 e. The summed E-state index contributed by atoms with van der Waals surface area (Å²) in [6.07, 6.45) is 2.14. The van der Waals surface area contributed by atoms with Crippen molar-refractivity contribution in [2.24, 2.45) is 0 Å². The van der Waals surface area contributed by atoms with Gasteiger partial charge in [-0.25, -0.2) is 0 Å². The monoisotopic (exact) mass is 281 g/mol. The Bertz CT molecular complexity index is 552. The number of hydrogen-bond donors (Lipinski definition) is 1. The van der Waals surface area contributed by atoms with Crippen LogP contribution in [0.5, 0.6) is 0 Å². The van der Waals surface area contributed by atoms with Gasteiger partial charge in [0.1, 0.15) is 11.8 Å². The number of methoxy groups -OCH3 is 1. The van der Waals surface area contributed by atoms with Gasteiger partial charge in [-0.3, -0.25) is 4.79 Å². The first-order valence-corrected chi connectivity index (χ1v) is 6.53. The molecule has 102 valence electrons. The van der Waals surface area contributed by atoms with Crippen LogP contribution in [0, 0.1) is 0 Å². The lowest BCUT2D eigenvalue weighted by Gasteiger charge is -2.08. The minimum absolute atomic E-state index is 0.0913. The third-order valence-electron chi connectivity index (χ3n) is 2.82. The summed E-state index contributed by atoms with van der Waals surface area (Å²) in [5.41, 5.74) is 1.26. The van der Waals surface area contributed by atoms with E-state index in [4.69, 9.17) is 20.8 Å². The van der Waals surface area contributed by atoms with E-state index in [1.54, 1.807) is 7.11 Å². The third kappa shape index (κ3) is 3.49. The number of alkyl halides is 1. The maximum absolute atomic E-state index is 12.0. The highest BCUT2D eigenvalue weighted by Gasteiger charge is 2.13. The first-order valence-electron chi connectivity index (χ1n) is 6.10. The van der Waals surface area contributed by atoms with Gasteiger partial charge in [0.2, 0.25) is 0 Å². The molecule has 0 aliphatic rings. The number of carbonyl (C=O) groups is 1. The largest absolute Gasteiger partial charge is 0.463 e. The first-order chi connectivity index (χ1) is 9.22. The number of benzene rings is 1. The molecule has 0 radical (unpaired) electrons. The number of amides is 1. The van der Waals surface area contributed by atoms with Gasteiger partial charge in [-0.1, -0.05) is 18.2 Å². The van der Waals surface area contributed by atoms with E-state index >= 15 is 0 Å². The van der Waals surface area contributed by atoms with Crippen LogP contribution in [0.1, 0.15) is 16.8 Å². The van der Waals surface area contributed by atoms with Crippen molar-refractivity contribution in [2.45, 2.75) is 11.8 Å². The number of carbonyl (C=O) groups excluding carboxylic acids is 1. The van der Waals surface area contributed by atoms with Crippen molar-refractivity contribution in [1.82, 2.24) is 5.32 Å². The second-order valence-corrected chi connectivity index (χ2v) is 4.86. The number of ether oxygens (including phenoxy) is 1. The average Bonchev–Trinajstić information content (AvgIpc) is 2.82. The molecule has 1 unspecified atom stereocenters. The normalized spacial score (nSPS) is 12.5. The summed E-state index contributed by atoms with van der Waals surface area (Å²) in [6.45, 7) is 0.988. The zero-order valence-corrected chi connectivity index (χ0v) is 11.4. The number of fused-ring (bicyclic) bond motifs is 1. The Kier molecular flexibility index (Phi) is 4.82. The van der Waals surface area contributed by atoms with Gasteiger partial charge in [-0.15, -0.1) is 11.6 Å². The van der Waals surface area contributed by atoms with E-state index < -0.39 is 0 Å². The lowest BCUT2D eigenvalue weighted by molar-refractivity contribution is 0.0952. The fourth-order valence-electron chi connectivity index (χ4n) is 1.86. The molecule has 1 N–H and O–H groups in total. The Labute approximate surface area is 116 Å². The highest BCUT2D eigenvalue weighted by atomic mass is 35.5. The van der Waals surface area contributed by atoms with Crippen LogP contribution in [0.3, 0.4) is 0 Å². The number of para-hydroxylation sites is 1. The summed E-state index contributed by atoms with van der Waals surface area (Å²) in [5.74, 6) is -0.147. The van der Waals surface area contributed by atoms with Crippen LogP contribution in [-0.2, 0) is 4.74 Å². The van der Waals surface area contributed by atoms with Crippen molar-refractivity contribution >= 4 is 28.5 Å². The predicted molar refractivity (Wildman–Crippen MR) is 74.7 cm³/mol. The number of nitrogens with one attached hydrogen (secondary N) is 1. The molecular weight excluding hydrogens is 266 g/mol. The van der Waals surface area contributed by atoms with Crippen LogP contribution in [0.15, 0.2) is 34.9 Å². The van der Waals surface area contributed by atoms with Crippen molar-refractivity contribution in [3.05, 3.63) is 36.1 Å². The Morgan fingerprint density at radius 3 is 3.05 bits per heavy atom. The van der Waals surface area contributed by atoms with Crippen LogP contribution in [0.4, 0.5) is 0 Å². The van der Waals surface area contributed by atoms with Crippen molar-refractivity contribution in [3.63, 3.8) is 0 Å². The lowest BCUT2D eigenvalue weighted by Crippen LogP contribution is -2.26. The minimum atomic E-state index is -0.147. The van der Waals surface area contributed by atoms with Crippen molar-refractivity contribution in [3.8, 4) is 0 Å². The number of hydrogen-bond acceptors (Lipinski definition) is 3. The molecule has 0 saturated heterocycles. The van der Waals surface area contributed by atoms with Gasteiger partial charge in [0.15, 0.2) is 0 Å². The molecule has 1 aromatic carbocycles. The summed E-state index contributed by atoms with van der Waals surface area (Å²) in [6, 6.07) is 7.45. The van der Waals surface area contributed by atoms with Crippen LogP contribution < -0.4 is 5.32 Å². The van der Waals surface area contributed by atoms with Gasteiger partial charge in [-0.2, -0.15) is 0 Å². The second kappa shape index (κ2) is 6.59. The van der Waals surface area contributed by atoms with E-state index in [1.165, 1.54) is 6.26 Å². The molecule has 5 heteroatoms. The smallest absolute Gasteiger partial charge is 0.255 e. The van der Waals surface area contributed by atoms with Crippen LogP contribution in [0.2, 0.25) is 0 Å². The highest BCUT2D eigenvalue weighted by molar-refractivity contribution is 6.20. The maximum Gasteiger partial charge on any atom is 0.255 e. The Balaban J connectivity index is 1.93. The molecule has 0 aliphatic carbocycles. The lowest BCUT2D eigenvalue weighted by atomic mass is 10.1. The Hall–Kier alpha value is -1.52. The number of rotatable bonds is 6. The molecule has 1 atom stereocenters. The van der Waals surface area contributed by atoms with E-state index in [9.17, 15) is 4.79 Å². The second-order valence-electron chi connectivity index (χ2n) is 4.24. The Morgan fingerprint density at radius 2 is 2.26 bits per heavy atom. The number of halogens is 1. The van der Waals surface area contributed by atoms with E-state index in [0.717, 1.165) is 5.39 Å². The molecular formula is C14H16ClNO3. The van der Waals surface area contributed by atoms with Crippen molar-refractivity contribution in [1.29, 1.82) is 0 Å². The molecule has 0 spiro atoms. The van der Waals surface area contributed by atoms with Gasteiger partial charge in [0.25, 0.3) is 5.91 Å². The topological polar surface area (TPSA) is 51.5 Å². The van der Waals surface area contributed by atoms with Crippen LogP contribution in [-0.4, -0.2) is 31.5 Å². The summed E-state index contributed by atoms with van der Waals surface area (Å²) in [7, 11) is 1.60. The van der Waals surface area contributed by atoms with Crippen LogP contribution in [0.25, 0.3) is 11.0 Å². The first kappa shape index (κ1) is 13.9.